The Morgan fingerprint density at radius 3 is 2.81 bits per heavy atom. The second-order valence-corrected chi connectivity index (χ2v) is 8.50. The van der Waals surface area contributed by atoms with E-state index in [-0.39, 0.29) is 5.91 Å². The monoisotopic (exact) mass is 446 g/mol. The lowest BCUT2D eigenvalue weighted by Gasteiger charge is -2.32. The Morgan fingerprint density at radius 2 is 2.06 bits per heavy atom. The number of hydrogen-bond acceptors (Lipinski definition) is 3. The number of fused-ring (bicyclic) bond motifs is 1. The summed E-state index contributed by atoms with van der Waals surface area (Å²) in [6.45, 7) is 8.77. The lowest BCUT2D eigenvalue weighted by atomic mass is 10.1. The summed E-state index contributed by atoms with van der Waals surface area (Å²) in [5.74, 6) is 0.987. The van der Waals surface area contributed by atoms with Gasteiger partial charge in [0.05, 0.1) is 6.54 Å². The molecule has 170 valence electrons. The van der Waals surface area contributed by atoms with Crippen molar-refractivity contribution in [2.24, 2.45) is 4.99 Å². The number of halogens is 1. The number of benzene rings is 1. The number of aliphatic imine (C=N–C) groups is 1. The van der Waals surface area contributed by atoms with E-state index in [9.17, 15) is 4.79 Å². The van der Waals surface area contributed by atoms with Crippen LogP contribution in [-0.4, -0.2) is 67.1 Å². The predicted molar refractivity (Wildman–Crippen MR) is 129 cm³/mol. The number of rotatable bonds is 9. The molecule has 4 N–H and O–H groups in total. The van der Waals surface area contributed by atoms with E-state index in [0.717, 1.165) is 73.7 Å². The van der Waals surface area contributed by atoms with Crippen LogP contribution < -0.4 is 16.0 Å². The van der Waals surface area contributed by atoms with Crippen LogP contribution in [0.2, 0.25) is 5.02 Å². The van der Waals surface area contributed by atoms with Gasteiger partial charge in [-0.3, -0.25) is 14.7 Å². The van der Waals surface area contributed by atoms with Crippen molar-refractivity contribution in [3.8, 4) is 0 Å². The van der Waals surface area contributed by atoms with Crippen LogP contribution in [0.1, 0.15) is 38.7 Å². The Balaban J connectivity index is 1.47. The molecule has 7 nitrogen and oxygen atoms in total. The molecule has 0 bridgehead atoms. The first-order valence-corrected chi connectivity index (χ1v) is 11.8. The van der Waals surface area contributed by atoms with Crippen LogP contribution in [0.3, 0.4) is 0 Å². The molecule has 1 aliphatic rings. The number of H-pyrrole nitrogens is 1. The minimum Gasteiger partial charge on any atom is -0.361 e. The van der Waals surface area contributed by atoms with Crippen molar-refractivity contribution in [2.45, 2.75) is 45.6 Å². The summed E-state index contributed by atoms with van der Waals surface area (Å²) in [5, 5.41) is 11.8. The largest absolute Gasteiger partial charge is 0.361 e. The lowest BCUT2D eigenvalue weighted by molar-refractivity contribution is -0.122. The number of hydrogen-bond donors (Lipinski definition) is 4. The maximum Gasteiger partial charge on any atom is 0.234 e. The fourth-order valence-corrected chi connectivity index (χ4v) is 4.09. The van der Waals surface area contributed by atoms with Crippen molar-refractivity contribution in [3.63, 3.8) is 0 Å². The molecule has 2 heterocycles. The Morgan fingerprint density at radius 1 is 1.26 bits per heavy atom. The highest BCUT2D eigenvalue weighted by Crippen LogP contribution is 2.22. The zero-order chi connectivity index (χ0) is 22.1. The molecule has 31 heavy (non-hydrogen) atoms. The number of nitrogens with zero attached hydrogens (tertiary/aromatic N) is 2. The third-order valence-corrected chi connectivity index (χ3v) is 5.83. The summed E-state index contributed by atoms with van der Waals surface area (Å²) in [4.78, 5) is 22.2. The van der Waals surface area contributed by atoms with Crippen molar-refractivity contribution < 1.29 is 4.79 Å². The molecule has 1 amide bonds. The summed E-state index contributed by atoms with van der Waals surface area (Å²) in [5.41, 5.74) is 2.33. The molecule has 1 aromatic heterocycles. The highest BCUT2D eigenvalue weighted by Gasteiger charge is 2.21. The van der Waals surface area contributed by atoms with E-state index in [1.807, 2.05) is 24.4 Å². The van der Waals surface area contributed by atoms with E-state index >= 15 is 0 Å². The number of guanidine groups is 1. The lowest BCUT2D eigenvalue weighted by Crippen LogP contribution is -2.50. The van der Waals surface area contributed by atoms with Gasteiger partial charge in [-0.05, 0) is 56.4 Å². The first kappa shape index (κ1) is 23.4. The van der Waals surface area contributed by atoms with Crippen LogP contribution in [0.15, 0.2) is 29.4 Å². The Labute approximate surface area is 190 Å². The number of piperidine rings is 1. The normalized spacial score (nSPS) is 15.9. The highest BCUT2D eigenvalue weighted by molar-refractivity contribution is 6.31. The molecule has 0 aliphatic carbocycles. The first-order valence-electron chi connectivity index (χ1n) is 11.4. The number of carbonyl (C=O) groups is 1. The summed E-state index contributed by atoms with van der Waals surface area (Å²) >= 11 is 6.16. The molecule has 1 fully saturated rings. The molecule has 0 saturated carbocycles. The summed E-state index contributed by atoms with van der Waals surface area (Å²) in [6.07, 6.45) is 5.88. The van der Waals surface area contributed by atoms with Crippen LogP contribution in [0.4, 0.5) is 0 Å². The maximum atomic E-state index is 11.9. The molecule has 1 saturated heterocycles. The quantitative estimate of drug-likeness (QED) is 0.352. The molecule has 8 heteroatoms. The van der Waals surface area contributed by atoms with Crippen LogP contribution in [0, 0.1) is 0 Å². The van der Waals surface area contributed by atoms with Gasteiger partial charge in [0.1, 0.15) is 0 Å². The second-order valence-electron chi connectivity index (χ2n) is 8.06. The zero-order valence-corrected chi connectivity index (χ0v) is 19.4. The minimum absolute atomic E-state index is 0.127. The SMILES string of the molecule is CCCNC(=O)CN1CCC(NC(=NCCc2c[nH]c3ccc(Cl)cc23)NCC)CC1. The van der Waals surface area contributed by atoms with Gasteiger partial charge < -0.3 is 20.9 Å². The van der Waals surface area contributed by atoms with Crippen molar-refractivity contribution in [1.82, 2.24) is 25.8 Å². The van der Waals surface area contributed by atoms with Gasteiger partial charge in [-0.25, -0.2) is 0 Å². The average molecular weight is 447 g/mol. The predicted octanol–water partition coefficient (Wildman–Crippen LogP) is 2.91. The molecule has 0 spiro atoms. The van der Waals surface area contributed by atoms with Gasteiger partial charge in [0.25, 0.3) is 0 Å². The molecule has 3 rings (SSSR count). The van der Waals surface area contributed by atoms with E-state index in [4.69, 9.17) is 16.6 Å². The van der Waals surface area contributed by atoms with Gasteiger partial charge in [-0.1, -0.05) is 18.5 Å². The summed E-state index contributed by atoms with van der Waals surface area (Å²) in [6, 6.07) is 6.29. The minimum atomic E-state index is 0.127. The van der Waals surface area contributed by atoms with Gasteiger partial charge in [0, 0.05) is 60.9 Å². The van der Waals surface area contributed by atoms with E-state index in [2.05, 4.69) is 39.7 Å². The van der Waals surface area contributed by atoms with Crippen molar-refractivity contribution in [1.29, 1.82) is 0 Å². The number of likely N-dealkylation sites (tertiary alicyclic amines) is 1. The van der Waals surface area contributed by atoms with E-state index in [0.29, 0.717) is 19.1 Å². The Hall–Kier alpha value is -2.25. The standard InChI is InChI=1S/C23H35ClN6O/c1-3-10-26-22(31)16-30-12-8-19(9-13-30)29-23(25-4-2)27-11-7-17-15-28-21-6-5-18(24)14-20(17)21/h5-6,14-15,19,28H,3-4,7-13,16H2,1-2H3,(H,26,31)(H2,25,27,29). The smallest absolute Gasteiger partial charge is 0.234 e. The first-order chi connectivity index (χ1) is 15.1. The highest BCUT2D eigenvalue weighted by atomic mass is 35.5. The van der Waals surface area contributed by atoms with E-state index in [1.54, 1.807) is 0 Å². The van der Waals surface area contributed by atoms with E-state index in [1.165, 1.54) is 5.56 Å². The van der Waals surface area contributed by atoms with Crippen molar-refractivity contribution in [2.75, 3.05) is 39.3 Å². The van der Waals surface area contributed by atoms with Crippen LogP contribution >= 0.6 is 11.6 Å². The fraction of sp³-hybridized carbons (Fsp3) is 0.565. The molecule has 2 aromatic rings. The Bertz CT molecular complexity index is 872. The third-order valence-electron chi connectivity index (χ3n) is 5.59. The molecule has 0 radical (unpaired) electrons. The molecular formula is C23H35ClN6O. The van der Waals surface area contributed by atoms with Gasteiger partial charge in [-0.2, -0.15) is 0 Å². The van der Waals surface area contributed by atoms with Gasteiger partial charge in [0.2, 0.25) is 5.91 Å². The second kappa shape index (κ2) is 12.0. The average Bonchev–Trinajstić information content (AvgIpc) is 3.16. The molecule has 0 atom stereocenters. The third kappa shape index (κ3) is 7.14. The molecule has 0 unspecified atom stereocenters. The van der Waals surface area contributed by atoms with Gasteiger partial charge in [0.15, 0.2) is 5.96 Å². The summed E-state index contributed by atoms with van der Waals surface area (Å²) < 4.78 is 0. The van der Waals surface area contributed by atoms with Gasteiger partial charge in [-0.15, -0.1) is 0 Å². The number of nitrogens with one attached hydrogen (secondary N) is 4. The molecule has 1 aliphatic heterocycles. The molecule has 1 aromatic carbocycles. The molecular weight excluding hydrogens is 412 g/mol. The number of aromatic nitrogens is 1. The fourth-order valence-electron chi connectivity index (χ4n) is 3.92. The Kier molecular flexibility index (Phi) is 9.03. The van der Waals surface area contributed by atoms with E-state index < -0.39 is 0 Å². The maximum absolute atomic E-state index is 11.9. The van der Waals surface area contributed by atoms with Gasteiger partial charge >= 0.3 is 0 Å². The summed E-state index contributed by atoms with van der Waals surface area (Å²) in [7, 11) is 0. The van der Waals surface area contributed by atoms with Crippen molar-refractivity contribution >= 4 is 34.4 Å². The number of amides is 1. The topological polar surface area (TPSA) is 84.6 Å². The van der Waals surface area contributed by atoms with Crippen LogP contribution in [-0.2, 0) is 11.2 Å². The van der Waals surface area contributed by atoms with Crippen molar-refractivity contribution in [3.05, 3.63) is 35.0 Å². The van der Waals surface area contributed by atoms with Crippen LogP contribution in [0.5, 0.6) is 0 Å². The number of aromatic amines is 1. The van der Waals surface area contributed by atoms with Crippen LogP contribution in [0.25, 0.3) is 10.9 Å². The zero-order valence-electron chi connectivity index (χ0n) is 18.6. The number of carbonyl (C=O) groups excluding carboxylic acids is 1.